The van der Waals surface area contributed by atoms with Crippen LogP contribution >= 0.6 is 0 Å². The number of carbonyl (C=O) groups is 1. The zero-order valence-electron chi connectivity index (χ0n) is 15.9. The molecule has 2 saturated heterocycles. The van der Waals surface area contributed by atoms with Gasteiger partial charge in [0.25, 0.3) is 0 Å². The zero-order chi connectivity index (χ0) is 17.6. The van der Waals surface area contributed by atoms with Gasteiger partial charge in [-0.2, -0.15) is 0 Å². The van der Waals surface area contributed by atoms with Crippen LogP contribution in [0, 0.1) is 5.92 Å². The first-order valence-electron chi connectivity index (χ1n) is 9.92. The minimum atomic E-state index is 0.178. The van der Waals surface area contributed by atoms with Gasteiger partial charge in [-0.3, -0.25) is 9.69 Å². The molecule has 0 unspecified atom stereocenters. The second-order valence-corrected chi connectivity index (χ2v) is 7.71. The van der Waals surface area contributed by atoms with Crippen LogP contribution in [-0.2, 0) is 11.3 Å². The highest BCUT2D eigenvalue weighted by molar-refractivity contribution is 5.79. The van der Waals surface area contributed by atoms with E-state index < -0.39 is 0 Å². The number of amides is 1. The Hall–Kier alpha value is -1.39. The van der Waals surface area contributed by atoms with Crippen molar-refractivity contribution in [1.29, 1.82) is 0 Å². The molecule has 0 radical (unpaired) electrons. The fraction of sp³-hybridized carbons (Fsp3) is 0.667. The molecule has 25 heavy (non-hydrogen) atoms. The number of nitrogens with zero attached hydrogens (tertiary/aromatic N) is 3. The molecule has 2 fully saturated rings. The standard InChI is InChI=1S/C21H33N3O/c1-3-23(16-18-8-5-4-6-9-18)21(25)19-10-7-13-24(17-19)20-11-14-22(2)15-12-20/h4-6,8-9,19-20H,3,7,10-17H2,1-2H3/t19-/m0/s1. The Morgan fingerprint density at radius 1 is 1.12 bits per heavy atom. The highest BCUT2D eigenvalue weighted by Crippen LogP contribution is 2.25. The SMILES string of the molecule is CCN(Cc1ccccc1)C(=O)[C@H]1CCCN(C2CCN(C)CC2)C1. The molecule has 1 aromatic rings. The number of benzene rings is 1. The molecular weight excluding hydrogens is 310 g/mol. The molecule has 2 aliphatic rings. The molecule has 4 heteroatoms. The van der Waals surface area contributed by atoms with Gasteiger partial charge in [0.2, 0.25) is 5.91 Å². The van der Waals surface area contributed by atoms with Gasteiger partial charge in [0, 0.05) is 25.7 Å². The Bertz CT molecular complexity index is 539. The molecule has 2 aliphatic heterocycles. The van der Waals surface area contributed by atoms with Crippen molar-refractivity contribution >= 4 is 5.91 Å². The molecule has 1 amide bonds. The van der Waals surface area contributed by atoms with Crippen molar-refractivity contribution in [1.82, 2.24) is 14.7 Å². The van der Waals surface area contributed by atoms with Gasteiger partial charge in [0.15, 0.2) is 0 Å². The minimum absolute atomic E-state index is 0.178. The molecule has 0 N–H and O–H groups in total. The topological polar surface area (TPSA) is 26.8 Å². The van der Waals surface area contributed by atoms with Crippen LogP contribution in [-0.4, -0.2) is 66.4 Å². The summed E-state index contributed by atoms with van der Waals surface area (Å²) in [6.07, 6.45) is 4.71. The molecule has 4 nitrogen and oxygen atoms in total. The summed E-state index contributed by atoms with van der Waals surface area (Å²) in [6.45, 7) is 8.13. The Morgan fingerprint density at radius 2 is 1.84 bits per heavy atom. The third kappa shape index (κ3) is 4.83. The average molecular weight is 344 g/mol. The van der Waals surface area contributed by atoms with Gasteiger partial charge in [-0.15, -0.1) is 0 Å². The summed E-state index contributed by atoms with van der Waals surface area (Å²) in [7, 11) is 2.21. The van der Waals surface area contributed by atoms with E-state index in [1.165, 1.54) is 38.0 Å². The summed E-state index contributed by atoms with van der Waals surface area (Å²) in [6, 6.07) is 11.0. The molecule has 2 heterocycles. The van der Waals surface area contributed by atoms with E-state index in [2.05, 4.69) is 48.0 Å². The molecule has 1 atom stereocenters. The molecule has 0 spiro atoms. The van der Waals surface area contributed by atoms with Crippen LogP contribution in [0.15, 0.2) is 30.3 Å². The van der Waals surface area contributed by atoms with Crippen molar-refractivity contribution in [3.05, 3.63) is 35.9 Å². The molecule has 0 aliphatic carbocycles. The van der Waals surface area contributed by atoms with Crippen molar-refractivity contribution in [3.8, 4) is 0 Å². The zero-order valence-corrected chi connectivity index (χ0v) is 15.9. The summed E-state index contributed by atoms with van der Waals surface area (Å²) in [5.74, 6) is 0.529. The number of rotatable bonds is 5. The Kier molecular flexibility index (Phi) is 6.49. The summed E-state index contributed by atoms with van der Waals surface area (Å²) in [5.41, 5.74) is 1.22. The van der Waals surface area contributed by atoms with E-state index in [0.29, 0.717) is 11.9 Å². The number of carbonyl (C=O) groups excluding carboxylic acids is 1. The maximum absolute atomic E-state index is 13.1. The number of piperidine rings is 2. The monoisotopic (exact) mass is 343 g/mol. The van der Waals surface area contributed by atoms with Crippen LogP contribution in [0.5, 0.6) is 0 Å². The lowest BCUT2D eigenvalue weighted by Crippen LogP contribution is -2.50. The smallest absolute Gasteiger partial charge is 0.227 e. The van der Waals surface area contributed by atoms with E-state index in [1.807, 2.05) is 11.0 Å². The molecule has 3 rings (SSSR count). The highest BCUT2D eigenvalue weighted by Gasteiger charge is 2.32. The van der Waals surface area contributed by atoms with Crippen molar-refractivity contribution in [2.75, 3.05) is 39.8 Å². The van der Waals surface area contributed by atoms with Gasteiger partial charge < -0.3 is 9.80 Å². The summed E-state index contributed by atoms with van der Waals surface area (Å²) in [5, 5.41) is 0. The van der Waals surface area contributed by atoms with Gasteiger partial charge in [-0.25, -0.2) is 0 Å². The maximum Gasteiger partial charge on any atom is 0.227 e. The normalized spacial score (nSPS) is 23.5. The number of likely N-dealkylation sites (tertiary alicyclic amines) is 2. The van der Waals surface area contributed by atoms with E-state index in [-0.39, 0.29) is 5.92 Å². The van der Waals surface area contributed by atoms with Crippen LogP contribution in [0.1, 0.15) is 38.2 Å². The number of hydrogen-bond donors (Lipinski definition) is 0. The largest absolute Gasteiger partial charge is 0.338 e. The summed E-state index contributed by atoms with van der Waals surface area (Å²) < 4.78 is 0. The predicted octanol–water partition coefficient (Wildman–Crippen LogP) is 2.84. The average Bonchev–Trinajstić information content (AvgIpc) is 2.67. The first-order valence-corrected chi connectivity index (χ1v) is 9.92. The Morgan fingerprint density at radius 3 is 2.52 bits per heavy atom. The van der Waals surface area contributed by atoms with Crippen molar-refractivity contribution in [2.24, 2.45) is 5.92 Å². The minimum Gasteiger partial charge on any atom is -0.338 e. The highest BCUT2D eigenvalue weighted by atomic mass is 16.2. The van der Waals surface area contributed by atoms with E-state index >= 15 is 0 Å². The van der Waals surface area contributed by atoms with Gasteiger partial charge >= 0.3 is 0 Å². The molecule has 0 aromatic heterocycles. The van der Waals surface area contributed by atoms with Crippen molar-refractivity contribution < 1.29 is 4.79 Å². The maximum atomic E-state index is 13.1. The van der Waals surface area contributed by atoms with E-state index in [9.17, 15) is 4.79 Å². The van der Waals surface area contributed by atoms with Crippen molar-refractivity contribution in [3.63, 3.8) is 0 Å². The van der Waals surface area contributed by atoms with Gasteiger partial charge in [0.1, 0.15) is 0 Å². The molecule has 0 saturated carbocycles. The van der Waals surface area contributed by atoms with Gasteiger partial charge in [-0.1, -0.05) is 30.3 Å². The molecule has 138 valence electrons. The fourth-order valence-corrected chi connectivity index (χ4v) is 4.31. The molecular formula is C21H33N3O. The van der Waals surface area contributed by atoms with Crippen molar-refractivity contribution in [2.45, 2.75) is 45.2 Å². The number of hydrogen-bond acceptors (Lipinski definition) is 3. The third-order valence-corrected chi connectivity index (χ3v) is 5.92. The predicted molar refractivity (Wildman–Crippen MR) is 102 cm³/mol. The lowest BCUT2D eigenvalue weighted by molar-refractivity contribution is -0.138. The van der Waals surface area contributed by atoms with Gasteiger partial charge in [-0.05, 0) is 64.9 Å². The van der Waals surface area contributed by atoms with Crippen LogP contribution in [0.2, 0.25) is 0 Å². The van der Waals surface area contributed by atoms with E-state index in [0.717, 1.165) is 32.5 Å². The van der Waals surface area contributed by atoms with Crippen LogP contribution in [0.4, 0.5) is 0 Å². The quantitative estimate of drug-likeness (QED) is 0.822. The van der Waals surface area contributed by atoms with Crippen LogP contribution < -0.4 is 0 Å². The summed E-state index contributed by atoms with van der Waals surface area (Å²) in [4.78, 5) is 20.2. The Labute approximate surface area is 152 Å². The second kappa shape index (κ2) is 8.81. The Balaban J connectivity index is 1.58. The van der Waals surface area contributed by atoms with Gasteiger partial charge in [0.05, 0.1) is 5.92 Å². The lowest BCUT2D eigenvalue weighted by Gasteiger charge is -2.42. The van der Waals surface area contributed by atoms with E-state index in [1.54, 1.807) is 0 Å². The second-order valence-electron chi connectivity index (χ2n) is 7.71. The van der Waals surface area contributed by atoms with E-state index in [4.69, 9.17) is 0 Å². The first kappa shape index (κ1) is 18.4. The van der Waals surface area contributed by atoms with Crippen LogP contribution in [0.3, 0.4) is 0 Å². The molecule has 1 aromatic carbocycles. The fourth-order valence-electron chi connectivity index (χ4n) is 4.31. The lowest BCUT2D eigenvalue weighted by atomic mass is 9.92. The molecule has 0 bridgehead atoms. The first-order chi connectivity index (χ1) is 12.2. The van der Waals surface area contributed by atoms with Crippen LogP contribution in [0.25, 0.3) is 0 Å². The summed E-state index contributed by atoms with van der Waals surface area (Å²) >= 11 is 0. The third-order valence-electron chi connectivity index (χ3n) is 5.92.